The van der Waals surface area contributed by atoms with Crippen LogP contribution >= 0.6 is 15.9 Å². The summed E-state index contributed by atoms with van der Waals surface area (Å²) in [5.41, 5.74) is 3.92. The van der Waals surface area contributed by atoms with Crippen LogP contribution in [0.1, 0.15) is 15.9 Å². The van der Waals surface area contributed by atoms with Crippen LogP contribution < -0.4 is 5.43 Å². The van der Waals surface area contributed by atoms with Gasteiger partial charge < -0.3 is 4.57 Å². The van der Waals surface area contributed by atoms with Gasteiger partial charge in [-0.3, -0.25) is 4.79 Å². The lowest BCUT2D eigenvalue weighted by Crippen LogP contribution is -2.19. The second kappa shape index (κ2) is 7.23. The molecule has 0 radical (unpaired) electrons. The SMILES string of the molecule is O=C(N/N=C\c1cc(Br)ccc1F)c1ccccc1-n1cccc1. The molecule has 0 aliphatic heterocycles. The summed E-state index contributed by atoms with van der Waals surface area (Å²) in [5, 5.41) is 3.85. The zero-order chi connectivity index (χ0) is 16.9. The number of carbonyl (C=O) groups is 1. The molecule has 0 unspecified atom stereocenters. The minimum Gasteiger partial charge on any atom is -0.323 e. The number of hydrogen-bond donors (Lipinski definition) is 1. The van der Waals surface area contributed by atoms with Crippen molar-refractivity contribution in [1.82, 2.24) is 9.99 Å². The van der Waals surface area contributed by atoms with E-state index in [4.69, 9.17) is 0 Å². The van der Waals surface area contributed by atoms with E-state index < -0.39 is 5.82 Å². The van der Waals surface area contributed by atoms with E-state index in [0.29, 0.717) is 5.56 Å². The fourth-order valence-electron chi connectivity index (χ4n) is 2.22. The number of benzene rings is 2. The fourth-order valence-corrected chi connectivity index (χ4v) is 2.60. The van der Waals surface area contributed by atoms with Gasteiger partial charge in [-0.25, -0.2) is 9.82 Å². The maximum atomic E-state index is 13.6. The van der Waals surface area contributed by atoms with E-state index in [1.165, 1.54) is 12.3 Å². The minimum absolute atomic E-state index is 0.281. The molecule has 0 atom stereocenters. The van der Waals surface area contributed by atoms with Crippen molar-refractivity contribution < 1.29 is 9.18 Å². The van der Waals surface area contributed by atoms with Gasteiger partial charge in [0.05, 0.1) is 17.5 Å². The van der Waals surface area contributed by atoms with Crippen molar-refractivity contribution in [3.63, 3.8) is 0 Å². The van der Waals surface area contributed by atoms with E-state index in [0.717, 1.165) is 10.2 Å². The lowest BCUT2D eigenvalue weighted by molar-refractivity contribution is 0.0955. The van der Waals surface area contributed by atoms with Crippen LogP contribution in [0.2, 0.25) is 0 Å². The Bertz CT molecular complexity index is 891. The van der Waals surface area contributed by atoms with Gasteiger partial charge in [-0.2, -0.15) is 5.10 Å². The molecule has 0 saturated heterocycles. The van der Waals surface area contributed by atoms with Gasteiger partial charge in [0.1, 0.15) is 5.82 Å². The Morgan fingerprint density at radius 3 is 2.67 bits per heavy atom. The number of halogens is 2. The molecule has 6 heteroatoms. The van der Waals surface area contributed by atoms with Gasteiger partial charge in [0.2, 0.25) is 0 Å². The lowest BCUT2D eigenvalue weighted by atomic mass is 10.1. The predicted octanol–water partition coefficient (Wildman–Crippen LogP) is 4.14. The summed E-state index contributed by atoms with van der Waals surface area (Å²) in [6.07, 6.45) is 4.98. The second-order valence-corrected chi connectivity index (χ2v) is 5.89. The maximum absolute atomic E-state index is 13.6. The molecule has 1 aromatic heterocycles. The van der Waals surface area contributed by atoms with Crippen LogP contribution in [0, 0.1) is 5.82 Å². The highest BCUT2D eigenvalue weighted by molar-refractivity contribution is 9.10. The highest BCUT2D eigenvalue weighted by atomic mass is 79.9. The number of nitrogens with zero attached hydrogens (tertiary/aromatic N) is 2. The second-order valence-electron chi connectivity index (χ2n) is 4.97. The van der Waals surface area contributed by atoms with Crippen molar-refractivity contribution in [2.45, 2.75) is 0 Å². The zero-order valence-corrected chi connectivity index (χ0v) is 14.1. The first-order chi connectivity index (χ1) is 11.6. The standard InChI is InChI=1S/C18H13BrFN3O/c19-14-7-8-16(20)13(11-14)12-21-22-18(24)15-5-1-2-6-17(15)23-9-3-4-10-23/h1-12H,(H,22,24)/b21-12-. The Hall–Kier alpha value is -2.73. The van der Waals surface area contributed by atoms with Crippen LogP contribution in [-0.4, -0.2) is 16.7 Å². The molecule has 24 heavy (non-hydrogen) atoms. The van der Waals surface area contributed by atoms with Gasteiger partial charge in [-0.1, -0.05) is 28.1 Å². The fraction of sp³-hybridized carbons (Fsp3) is 0. The molecule has 0 aliphatic carbocycles. The van der Waals surface area contributed by atoms with E-state index >= 15 is 0 Å². The molecule has 3 aromatic rings. The van der Waals surface area contributed by atoms with E-state index in [-0.39, 0.29) is 11.5 Å². The quantitative estimate of drug-likeness (QED) is 0.532. The first kappa shape index (κ1) is 16.1. The molecule has 1 amide bonds. The van der Waals surface area contributed by atoms with Crippen LogP contribution in [0.4, 0.5) is 4.39 Å². The molecular weight excluding hydrogens is 373 g/mol. The number of rotatable bonds is 4. The molecule has 0 bridgehead atoms. The highest BCUT2D eigenvalue weighted by Crippen LogP contribution is 2.15. The normalized spacial score (nSPS) is 10.9. The molecule has 3 rings (SSSR count). The average molecular weight is 386 g/mol. The number of para-hydroxylation sites is 1. The number of nitrogens with one attached hydrogen (secondary N) is 1. The van der Waals surface area contributed by atoms with Gasteiger partial charge in [-0.15, -0.1) is 0 Å². The van der Waals surface area contributed by atoms with Crippen LogP contribution in [0.5, 0.6) is 0 Å². The van der Waals surface area contributed by atoms with Gasteiger partial charge in [0, 0.05) is 22.4 Å². The van der Waals surface area contributed by atoms with Crippen molar-refractivity contribution in [3.05, 3.63) is 88.4 Å². The van der Waals surface area contributed by atoms with Gasteiger partial charge in [0.25, 0.3) is 5.91 Å². The van der Waals surface area contributed by atoms with E-state index in [1.807, 2.05) is 41.2 Å². The molecule has 0 saturated carbocycles. The summed E-state index contributed by atoms with van der Waals surface area (Å²) in [4.78, 5) is 12.4. The molecule has 4 nitrogen and oxygen atoms in total. The number of amides is 1. The monoisotopic (exact) mass is 385 g/mol. The Kier molecular flexibility index (Phi) is 4.86. The molecule has 2 aromatic carbocycles. The van der Waals surface area contributed by atoms with E-state index in [2.05, 4.69) is 26.5 Å². The molecule has 120 valence electrons. The Morgan fingerprint density at radius 1 is 1.12 bits per heavy atom. The molecule has 0 spiro atoms. The number of hydrogen-bond acceptors (Lipinski definition) is 2. The summed E-state index contributed by atoms with van der Waals surface area (Å²) in [7, 11) is 0. The van der Waals surface area contributed by atoms with Gasteiger partial charge in [-0.05, 0) is 42.5 Å². The maximum Gasteiger partial charge on any atom is 0.273 e. The van der Waals surface area contributed by atoms with E-state index in [1.54, 1.807) is 24.3 Å². The first-order valence-corrected chi connectivity index (χ1v) is 7.95. The number of carbonyl (C=O) groups excluding carboxylic acids is 1. The summed E-state index contributed by atoms with van der Waals surface area (Å²) < 4.78 is 16.2. The average Bonchev–Trinajstić information content (AvgIpc) is 3.12. The number of aromatic nitrogens is 1. The van der Waals surface area contributed by atoms with Crippen molar-refractivity contribution in [2.75, 3.05) is 0 Å². The minimum atomic E-state index is -0.413. The van der Waals surface area contributed by atoms with Crippen molar-refractivity contribution in [2.24, 2.45) is 5.10 Å². The summed E-state index contributed by atoms with van der Waals surface area (Å²) in [6, 6.07) is 15.4. The molecule has 0 aliphatic rings. The Labute approximate surface area is 146 Å². The van der Waals surface area contributed by atoms with Gasteiger partial charge in [0.15, 0.2) is 0 Å². The first-order valence-electron chi connectivity index (χ1n) is 7.16. The molecular formula is C18H13BrFN3O. The highest BCUT2D eigenvalue weighted by Gasteiger charge is 2.11. The third-order valence-corrected chi connectivity index (χ3v) is 3.85. The Morgan fingerprint density at radius 2 is 1.88 bits per heavy atom. The topological polar surface area (TPSA) is 46.4 Å². The summed E-state index contributed by atoms with van der Waals surface area (Å²) in [6.45, 7) is 0. The number of hydrazone groups is 1. The van der Waals surface area contributed by atoms with Gasteiger partial charge >= 0.3 is 0 Å². The van der Waals surface area contributed by atoms with Crippen molar-refractivity contribution >= 4 is 28.1 Å². The van der Waals surface area contributed by atoms with Crippen LogP contribution in [0.15, 0.2) is 76.6 Å². The molecule has 1 N–H and O–H groups in total. The van der Waals surface area contributed by atoms with Crippen LogP contribution in [0.3, 0.4) is 0 Å². The summed E-state index contributed by atoms with van der Waals surface area (Å²) >= 11 is 3.27. The molecule has 1 heterocycles. The smallest absolute Gasteiger partial charge is 0.273 e. The van der Waals surface area contributed by atoms with Crippen LogP contribution in [0.25, 0.3) is 5.69 Å². The third-order valence-electron chi connectivity index (χ3n) is 3.36. The predicted molar refractivity (Wildman–Crippen MR) is 94.9 cm³/mol. The largest absolute Gasteiger partial charge is 0.323 e. The zero-order valence-electron chi connectivity index (χ0n) is 12.5. The lowest BCUT2D eigenvalue weighted by Gasteiger charge is -2.09. The molecule has 0 fully saturated rings. The summed E-state index contributed by atoms with van der Waals surface area (Å²) in [5.74, 6) is -0.783. The Balaban J connectivity index is 1.79. The van der Waals surface area contributed by atoms with Crippen LogP contribution in [-0.2, 0) is 0 Å². The van der Waals surface area contributed by atoms with E-state index in [9.17, 15) is 9.18 Å². The third kappa shape index (κ3) is 3.60. The van der Waals surface area contributed by atoms with Crippen molar-refractivity contribution in [1.29, 1.82) is 0 Å². The van der Waals surface area contributed by atoms with Crippen molar-refractivity contribution in [3.8, 4) is 5.69 Å².